The highest BCUT2D eigenvalue weighted by Crippen LogP contribution is 2.33. The Morgan fingerprint density at radius 2 is 1.90 bits per heavy atom. The number of ether oxygens (including phenoxy) is 1. The lowest BCUT2D eigenvalue weighted by Crippen LogP contribution is -2.58. The van der Waals surface area contributed by atoms with Gasteiger partial charge in [0.2, 0.25) is 0 Å². The van der Waals surface area contributed by atoms with E-state index in [1.165, 1.54) is 16.8 Å². The minimum Gasteiger partial charge on any atom is -0.444 e. The van der Waals surface area contributed by atoms with Crippen LogP contribution in [0.3, 0.4) is 0 Å². The minimum absolute atomic E-state index is 0.0789. The number of aryl methyl sites for hydroxylation is 1. The number of fused-ring (bicyclic) bond motifs is 1. The fourth-order valence-corrected chi connectivity index (χ4v) is 3.47. The highest BCUT2D eigenvalue weighted by atomic mass is 19.4. The molecule has 8 nitrogen and oxygen atoms in total. The largest absolute Gasteiger partial charge is 0.444 e. The number of benzene rings is 1. The van der Waals surface area contributed by atoms with Gasteiger partial charge in [0, 0.05) is 25.2 Å². The SMILES string of the molecule is Cn1nnc2cc(C(=O)N3C[C@H](NC(=O)OC(C)(C)C)CC[C@@H]3C(F)(F)F)ccc21. The number of alkyl halides is 3. The molecule has 0 spiro atoms. The monoisotopic (exact) mass is 427 g/mol. The molecule has 1 aliphatic heterocycles. The zero-order valence-corrected chi connectivity index (χ0v) is 17.2. The van der Waals surface area contributed by atoms with Crippen molar-refractivity contribution in [1.82, 2.24) is 25.2 Å². The van der Waals surface area contributed by atoms with E-state index in [1.54, 1.807) is 33.9 Å². The molecule has 0 unspecified atom stereocenters. The predicted molar refractivity (Wildman–Crippen MR) is 102 cm³/mol. The first-order valence-electron chi connectivity index (χ1n) is 9.52. The van der Waals surface area contributed by atoms with E-state index in [9.17, 15) is 22.8 Å². The maximum Gasteiger partial charge on any atom is 0.408 e. The molecular weight excluding hydrogens is 403 g/mol. The number of piperidine rings is 1. The first kappa shape index (κ1) is 21.8. The van der Waals surface area contributed by atoms with E-state index in [-0.39, 0.29) is 24.9 Å². The Kier molecular flexibility index (Phi) is 5.66. The summed E-state index contributed by atoms with van der Waals surface area (Å²) in [7, 11) is 1.67. The van der Waals surface area contributed by atoms with Crippen LogP contribution in [0.4, 0.5) is 18.0 Å². The highest BCUT2D eigenvalue weighted by molar-refractivity contribution is 5.97. The fourth-order valence-electron chi connectivity index (χ4n) is 3.47. The van der Waals surface area contributed by atoms with Crippen LogP contribution in [0.1, 0.15) is 44.0 Å². The van der Waals surface area contributed by atoms with Gasteiger partial charge in [-0.2, -0.15) is 13.2 Å². The number of rotatable bonds is 2. The maximum absolute atomic E-state index is 13.6. The first-order valence-corrected chi connectivity index (χ1v) is 9.52. The van der Waals surface area contributed by atoms with Crippen molar-refractivity contribution in [3.8, 4) is 0 Å². The Hall–Kier alpha value is -2.85. The molecule has 1 aromatic carbocycles. The van der Waals surface area contributed by atoms with Crippen molar-refractivity contribution < 1.29 is 27.5 Å². The molecule has 2 heterocycles. The van der Waals surface area contributed by atoms with Gasteiger partial charge in [0.05, 0.1) is 5.52 Å². The van der Waals surface area contributed by atoms with Crippen molar-refractivity contribution in [2.75, 3.05) is 6.54 Å². The molecule has 3 rings (SSSR count). The van der Waals surface area contributed by atoms with Crippen LogP contribution in [0.15, 0.2) is 18.2 Å². The zero-order chi connectivity index (χ0) is 22.3. The summed E-state index contributed by atoms with van der Waals surface area (Å²) < 4.78 is 47.5. The molecule has 164 valence electrons. The average molecular weight is 427 g/mol. The molecule has 1 N–H and O–H groups in total. The third-order valence-corrected chi connectivity index (χ3v) is 4.80. The van der Waals surface area contributed by atoms with Crippen LogP contribution in [0.25, 0.3) is 11.0 Å². The van der Waals surface area contributed by atoms with Gasteiger partial charge in [0.1, 0.15) is 17.2 Å². The van der Waals surface area contributed by atoms with Crippen molar-refractivity contribution in [3.63, 3.8) is 0 Å². The summed E-state index contributed by atoms with van der Waals surface area (Å²) in [5.41, 5.74) is 0.402. The van der Waals surface area contributed by atoms with Crippen LogP contribution >= 0.6 is 0 Å². The molecule has 0 bridgehead atoms. The molecule has 2 aromatic rings. The Labute approximate surface area is 171 Å². The Morgan fingerprint density at radius 3 is 2.53 bits per heavy atom. The fraction of sp³-hybridized carbons (Fsp3) is 0.579. The summed E-state index contributed by atoms with van der Waals surface area (Å²) >= 11 is 0. The van der Waals surface area contributed by atoms with Gasteiger partial charge in [0.25, 0.3) is 5.91 Å². The molecule has 1 saturated heterocycles. The van der Waals surface area contributed by atoms with E-state index in [0.29, 0.717) is 11.0 Å². The molecular formula is C19H24F3N5O3. The lowest BCUT2D eigenvalue weighted by atomic mass is 9.96. The van der Waals surface area contributed by atoms with Crippen LogP contribution in [0.2, 0.25) is 0 Å². The number of nitrogens with zero attached hydrogens (tertiary/aromatic N) is 4. The van der Waals surface area contributed by atoms with Crippen molar-refractivity contribution in [1.29, 1.82) is 0 Å². The molecule has 1 aromatic heterocycles. The second kappa shape index (κ2) is 7.77. The van der Waals surface area contributed by atoms with Crippen LogP contribution in [-0.4, -0.2) is 62.3 Å². The number of likely N-dealkylation sites (tertiary alicyclic amines) is 1. The van der Waals surface area contributed by atoms with Crippen molar-refractivity contribution >= 4 is 23.0 Å². The Bertz CT molecular complexity index is 951. The van der Waals surface area contributed by atoms with Gasteiger partial charge in [-0.05, 0) is 51.8 Å². The number of alkyl carbamates (subject to hydrolysis) is 1. The summed E-state index contributed by atoms with van der Waals surface area (Å²) in [4.78, 5) is 25.8. The molecule has 0 aliphatic carbocycles. The number of amides is 2. The minimum atomic E-state index is -4.58. The molecule has 0 radical (unpaired) electrons. The number of nitrogens with one attached hydrogen (secondary N) is 1. The van der Waals surface area contributed by atoms with Crippen molar-refractivity contribution in [3.05, 3.63) is 23.8 Å². The Morgan fingerprint density at radius 1 is 1.20 bits per heavy atom. The summed E-state index contributed by atoms with van der Waals surface area (Å²) in [5.74, 6) is -0.777. The molecule has 30 heavy (non-hydrogen) atoms. The zero-order valence-electron chi connectivity index (χ0n) is 17.2. The topological polar surface area (TPSA) is 89.4 Å². The predicted octanol–water partition coefficient (Wildman–Crippen LogP) is 3.03. The average Bonchev–Trinajstić information content (AvgIpc) is 2.99. The maximum atomic E-state index is 13.6. The van der Waals surface area contributed by atoms with Crippen LogP contribution in [0.5, 0.6) is 0 Å². The number of carbonyl (C=O) groups excluding carboxylic acids is 2. The molecule has 1 aliphatic rings. The number of halogens is 3. The van der Waals surface area contributed by atoms with Gasteiger partial charge >= 0.3 is 12.3 Å². The van der Waals surface area contributed by atoms with E-state index in [2.05, 4.69) is 15.6 Å². The normalized spacial score (nSPS) is 20.3. The molecule has 2 amide bonds. The quantitative estimate of drug-likeness (QED) is 0.796. The van der Waals surface area contributed by atoms with Gasteiger partial charge in [-0.25, -0.2) is 9.48 Å². The van der Waals surface area contributed by atoms with Gasteiger partial charge in [-0.3, -0.25) is 4.79 Å². The van der Waals surface area contributed by atoms with Gasteiger partial charge in [0.15, 0.2) is 0 Å². The third kappa shape index (κ3) is 4.82. The number of aromatic nitrogens is 3. The van der Waals surface area contributed by atoms with Gasteiger partial charge in [-0.1, -0.05) is 5.21 Å². The standard InChI is InChI=1S/C19H24F3N5O3/c1-18(2,3)30-17(29)23-12-6-8-15(19(20,21)22)27(10-12)16(28)11-5-7-14-13(9-11)24-25-26(14)4/h5,7,9,12,15H,6,8,10H2,1-4H3,(H,23,29)/t12-,15-/m1/s1. The molecule has 0 saturated carbocycles. The lowest BCUT2D eigenvalue weighted by molar-refractivity contribution is -0.184. The van der Waals surface area contributed by atoms with Crippen molar-refractivity contribution in [2.45, 2.75) is 57.5 Å². The molecule has 1 fully saturated rings. The third-order valence-electron chi connectivity index (χ3n) is 4.80. The summed E-state index contributed by atoms with van der Waals surface area (Å²) in [6, 6.07) is 1.88. The van der Waals surface area contributed by atoms with Gasteiger partial charge in [-0.15, -0.1) is 5.10 Å². The van der Waals surface area contributed by atoms with E-state index in [0.717, 1.165) is 4.90 Å². The van der Waals surface area contributed by atoms with E-state index >= 15 is 0 Å². The lowest BCUT2D eigenvalue weighted by Gasteiger charge is -2.40. The smallest absolute Gasteiger partial charge is 0.408 e. The summed E-state index contributed by atoms with van der Waals surface area (Å²) in [6.07, 6.45) is -5.55. The van der Waals surface area contributed by atoms with E-state index < -0.39 is 35.9 Å². The highest BCUT2D eigenvalue weighted by Gasteiger charge is 2.48. The first-order chi connectivity index (χ1) is 13.8. The summed E-state index contributed by atoms with van der Waals surface area (Å²) in [5, 5.41) is 10.3. The number of carbonyl (C=O) groups is 2. The molecule has 11 heteroatoms. The van der Waals surface area contributed by atoms with Crippen LogP contribution in [0, 0.1) is 0 Å². The van der Waals surface area contributed by atoms with Crippen LogP contribution < -0.4 is 5.32 Å². The Balaban J connectivity index is 1.82. The van der Waals surface area contributed by atoms with Crippen molar-refractivity contribution in [2.24, 2.45) is 7.05 Å². The van der Waals surface area contributed by atoms with Crippen LogP contribution in [-0.2, 0) is 11.8 Å². The molecule has 2 atom stereocenters. The number of hydrogen-bond acceptors (Lipinski definition) is 5. The second-order valence-corrected chi connectivity index (χ2v) is 8.35. The second-order valence-electron chi connectivity index (χ2n) is 8.35. The number of hydrogen-bond donors (Lipinski definition) is 1. The van der Waals surface area contributed by atoms with Gasteiger partial charge < -0.3 is 15.0 Å². The van der Waals surface area contributed by atoms with E-state index in [1.807, 2.05) is 0 Å². The summed E-state index contributed by atoms with van der Waals surface area (Å²) in [6.45, 7) is 4.78. The van der Waals surface area contributed by atoms with E-state index in [4.69, 9.17) is 4.74 Å².